The van der Waals surface area contributed by atoms with Gasteiger partial charge >= 0.3 is 0 Å². The second-order valence-corrected chi connectivity index (χ2v) is 4.68. The summed E-state index contributed by atoms with van der Waals surface area (Å²) >= 11 is 0. The van der Waals surface area contributed by atoms with Gasteiger partial charge in [0.15, 0.2) is 0 Å². The molecule has 0 spiro atoms. The summed E-state index contributed by atoms with van der Waals surface area (Å²) in [4.78, 5) is 2.47. The Labute approximate surface area is 86.1 Å². The van der Waals surface area contributed by atoms with Gasteiger partial charge < -0.3 is 4.90 Å². The Morgan fingerprint density at radius 2 is 2.00 bits per heavy atom. The molecule has 2 heterocycles. The molecule has 0 radical (unpaired) electrons. The molecule has 2 atom stereocenters. The van der Waals surface area contributed by atoms with Crippen molar-refractivity contribution in [2.24, 2.45) is 0 Å². The summed E-state index contributed by atoms with van der Waals surface area (Å²) in [6, 6.07) is 3.77. The van der Waals surface area contributed by atoms with E-state index in [2.05, 4.69) is 30.3 Å². The Balaban J connectivity index is 2.14. The van der Waals surface area contributed by atoms with Crippen LogP contribution < -0.4 is 5.32 Å². The second kappa shape index (κ2) is 3.52. The topological polar surface area (TPSA) is 39.1 Å². The maximum Gasteiger partial charge on any atom is 0.109 e. The molecule has 2 unspecified atom stereocenters. The highest BCUT2D eigenvalue weighted by Crippen LogP contribution is 2.39. The molecule has 3 heteroatoms. The van der Waals surface area contributed by atoms with E-state index in [1.165, 1.54) is 12.8 Å². The minimum atomic E-state index is -0.229. The van der Waals surface area contributed by atoms with Gasteiger partial charge in [-0.25, -0.2) is 0 Å². The number of piperidine rings is 1. The van der Waals surface area contributed by atoms with Crippen LogP contribution in [0.2, 0.25) is 0 Å². The zero-order valence-electron chi connectivity index (χ0n) is 9.08. The van der Waals surface area contributed by atoms with E-state index in [1.54, 1.807) is 0 Å². The fraction of sp³-hybridized carbons (Fsp3) is 0.909. The average molecular weight is 193 g/mol. The summed E-state index contributed by atoms with van der Waals surface area (Å²) in [6.07, 6.45) is 4.56. The van der Waals surface area contributed by atoms with Crippen LogP contribution in [0, 0.1) is 11.3 Å². The molecular formula is C11H19N3. The van der Waals surface area contributed by atoms with Crippen LogP contribution >= 0.6 is 0 Å². The van der Waals surface area contributed by atoms with Gasteiger partial charge in [0.05, 0.1) is 6.07 Å². The molecule has 0 saturated carbocycles. The highest BCUT2D eigenvalue weighted by molar-refractivity contribution is 5.15. The number of nitrogens with one attached hydrogen (secondary N) is 1. The second-order valence-electron chi connectivity index (χ2n) is 4.68. The van der Waals surface area contributed by atoms with E-state index in [0.29, 0.717) is 12.1 Å². The fourth-order valence-corrected chi connectivity index (χ4v) is 3.08. The minimum Gasteiger partial charge on any atom is -0.300 e. The monoisotopic (exact) mass is 193 g/mol. The molecule has 14 heavy (non-hydrogen) atoms. The van der Waals surface area contributed by atoms with E-state index in [1.807, 2.05) is 0 Å². The first kappa shape index (κ1) is 9.95. The average Bonchev–Trinajstić information content (AvgIpc) is 2.42. The largest absolute Gasteiger partial charge is 0.300 e. The van der Waals surface area contributed by atoms with Crippen LogP contribution in [-0.4, -0.2) is 36.1 Å². The number of nitriles is 1. The molecule has 2 aliphatic rings. The van der Waals surface area contributed by atoms with Crippen molar-refractivity contribution < 1.29 is 0 Å². The van der Waals surface area contributed by atoms with E-state index in [9.17, 15) is 5.26 Å². The third kappa shape index (κ3) is 1.43. The van der Waals surface area contributed by atoms with Gasteiger partial charge in [0.25, 0.3) is 0 Å². The van der Waals surface area contributed by atoms with Gasteiger partial charge in [-0.05, 0) is 39.3 Å². The van der Waals surface area contributed by atoms with Crippen LogP contribution in [-0.2, 0) is 0 Å². The Kier molecular flexibility index (Phi) is 2.50. The summed E-state index contributed by atoms with van der Waals surface area (Å²) in [5, 5.41) is 12.7. The molecule has 2 saturated heterocycles. The van der Waals surface area contributed by atoms with Crippen LogP contribution in [0.3, 0.4) is 0 Å². The van der Waals surface area contributed by atoms with Gasteiger partial charge in [0.2, 0.25) is 0 Å². The summed E-state index contributed by atoms with van der Waals surface area (Å²) < 4.78 is 0. The summed E-state index contributed by atoms with van der Waals surface area (Å²) in [7, 11) is 2.20. The van der Waals surface area contributed by atoms with Gasteiger partial charge in [0.1, 0.15) is 5.54 Å². The number of hydrogen-bond donors (Lipinski definition) is 1. The Bertz CT molecular complexity index is 242. The maximum absolute atomic E-state index is 9.29. The third-order valence-electron chi connectivity index (χ3n) is 3.88. The number of fused-ring (bicyclic) bond motifs is 2. The molecule has 0 aromatic heterocycles. The quantitative estimate of drug-likeness (QED) is 0.714. The van der Waals surface area contributed by atoms with Gasteiger partial charge in [-0.1, -0.05) is 6.92 Å². The van der Waals surface area contributed by atoms with Gasteiger partial charge in [-0.3, -0.25) is 5.32 Å². The lowest BCUT2D eigenvalue weighted by atomic mass is 9.84. The zero-order valence-corrected chi connectivity index (χ0v) is 9.08. The molecule has 0 aromatic rings. The Morgan fingerprint density at radius 3 is 2.43 bits per heavy atom. The normalized spacial score (nSPS) is 42.4. The smallest absolute Gasteiger partial charge is 0.109 e. The van der Waals surface area contributed by atoms with Crippen molar-refractivity contribution in [1.29, 1.82) is 5.26 Å². The van der Waals surface area contributed by atoms with Gasteiger partial charge in [-0.2, -0.15) is 5.26 Å². The maximum atomic E-state index is 9.29. The number of rotatable bonds is 2. The van der Waals surface area contributed by atoms with Crippen molar-refractivity contribution in [2.45, 2.75) is 50.2 Å². The lowest BCUT2D eigenvalue weighted by Crippen LogP contribution is -2.55. The predicted octanol–water partition coefficient (Wildman–Crippen LogP) is 1.11. The van der Waals surface area contributed by atoms with E-state index in [0.717, 1.165) is 19.4 Å². The molecule has 0 amide bonds. The van der Waals surface area contributed by atoms with Crippen LogP contribution in [0.1, 0.15) is 32.6 Å². The molecule has 2 rings (SSSR count). The highest BCUT2D eigenvalue weighted by Gasteiger charge is 2.46. The van der Waals surface area contributed by atoms with E-state index in [4.69, 9.17) is 0 Å². The highest BCUT2D eigenvalue weighted by atomic mass is 15.2. The van der Waals surface area contributed by atoms with Crippen LogP contribution in [0.4, 0.5) is 0 Å². The molecule has 0 aliphatic carbocycles. The molecule has 2 fully saturated rings. The van der Waals surface area contributed by atoms with E-state index < -0.39 is 0 Å². The van der Waals surface area contributed by atoms with Crippen molar-refractivity contribution in [2.75, 3.05) is 13.6 Å². The standard InChI is InChI=1S/C11H19N3/c1-3-13-11(8-12)6-9-4-5-10(7-11)14(9)2/h9-10,13H,3-7H2,1-2H3. The first-order valence-electron chi connectivity index (χ1n) is 5.59. The molecular weight excluding hydrogens is 174 g/mol. The summed E-state index contributed by atoms with van der Waals surface area (Å²) in [6.45, 7) is 2.98. The summed E-state index contributed by atoms with van der Waals surface area (Å²) in [5.41, 5.74) is -0.229. The Morgan fingerprint density at radius 1 is 1.43 bits per heavy atom. The van der Waals surface area contributed by atoms with Gasteiger partial charge in [-0.15, -0.1) is 0 Å². The molecule has 2 aliphatic heterocycles. The van der Waals surface area contributed by atoms with E-state index >= 15 is 0 Å². The lowest BCUT2D eigenvalue weighted by molar-refractivity contribution is 0.120. The lowest BCUT2D eigenvalue weighted by Gasteiger charge is -2.41. The van der Waals surface area contributed by atoms with Crippen molar-refractivity contribution in [3.63, 3.8) is 0 Å². The predicted molar refractivity (Wildman–Crippen MR) is 55.8 cm³/mol. The molecule has 78 valence electrons. The van der Waals surface area contributed by atoms with Crippen LogP contribution in [0.25, 0.3) is 0 Å². The number of hydrogen-bond acceptors (Lipinski definition) is 3. The molecule has 0 aromatic carbocycles. The first-order valence-corrected chi connectivity index (χ1v) is 5.59. The van der Waals surface area contributed by atoms with Crippen molar-refractivity contribution >= 4 is 0 Å². The SMILES string of the molecule is CCNC1(C#N)CC2CCC(C1)N2C. The third-order valence-corrected chi connectivity index (χ3v) is 3.88. The molecule has 3 nitrogen and oxygen atoms in total. The minimum absolute atomic E-state index is 0.229. The first-order chi connectivity index (χ1) is 6.71. The van der Waals surface area contributed by atoms with Crippen molar-refractivity contribution in [1.82, 2.24) is 10.2 Å². The van der Waals surface area contributed by atoms with Crippen molar-refractivity contribution in [3.05, 3.63) is 0 Å². The summed E-state index contributed by atoms with van der Waals surface area (Å²) in [5.74, 6) is 0. The Hall–Kier alpha value is -0.590. The molecule has 2 bridgehead atoms. The van der Waals surface area contributed by atoms with Crippen LogP contribution in [0.15, 0.2) is 0 Å². The number of nitrogens with zero attached hydrogens (tertiary/aromatic N) is 2. The van der Waals surface area contributed by atoms with Crippen molar-refractivity contribution in [3.8, 4) is 6.07 Å². The van der Waals surface area contributed by atoms with E-state index in [-0.39, 0.29) is 5.54 Å². The zero-order chi connectivity index (χ0) is 10.2. The fourth-order valence-electron chi connectivity index (χ4n) is 3.08. The van der Waals surface area contributed by atoms with Crippen LogP contribution in [0.5, 0.6) is 0 Å². The van der Waals surface area contributed by atoms with Gasteiger partial charge in [0, 0.05) is 12.1 Å². The molecule has 1 N–H and O–H groups in total.